The molecule has 154 valence electrons. The summed E-state index contributed by atoms with van der Waals surface area (Å²) in [7, 11) is 0. The van der Waals surface area contributed by atoms with Gasteiger partial charge in [-0.15, -0.1) is 0 Å². The van der Waals surface area contributed by atoms with Crippen LogP contribution in [0.4, 0.5) is 25.0 Å². The van der Waals surface area contributed by atoms with E-state index in [4.69, 9.17) is 11.6 Å². The van der Waals surface area contributed by atoms with Gasteiger partial charge in [0.15, 0.2) is 0 Å². The molecule has 0 spiro atoms. The van der Waals surface area contributed by atoms with Gasteiger partial charge in [-0.3, -0.25) is 0 Å². The van der Waals surface area contributed by atoms with Gasteiger partial charge in [0.05, 0.1) is 21.9 Å². The smallest absolute Gasteiger partial charge is 0.416 e. The minimum absolute atomic E-state index is 0.00684. The molecule has 0 unspecified atom stereocenters. The lowest BCUT2D eigenvalue weighted by molar-refractivity contribution is 0.204. The van der Waals surface area contributed by atoms with Gasteiger partial charge < -0.3 is 15.2 Å². The second-order valence-corrected chi connectivity index (χ2v) is 7.49. The number of carbonyl (C=O) groups is 1. The van der Waals surface area contributed by atoms with Crippen LogP contribution in [0.1, 0.15) is 0 Å². The Bertz CT molecular complexity index is 1530. The SMILES string of the molecule is O=C(O)N(c1cc2ccc3c4cc(F)ccc4[nH]c3c2cc1O)c1ccc(F)cc1Cl. The molecule has 0 bridgehead atoms. The van der Waals surface area contributed by atoms with Gasteiger partial charge in [-0.1, -0.05) is 23.7 Å². The number of carboxylic acid groups (broad SMARTS) is 1. The van der Waals surface area contributed by atoms with E-state index in [1.165, 1.54) is 30.3 Å². The number of H-pyrrole nitrogens is 1. The summed E-state index contributed by atoms with van der Waals surface area (Å²) in [5.74, 6) is -1.29. The molecule has 31 heavy (non-hydrogen) atoms. The number of phenolic OH excluding ortho intramolecular Hbond substituents is 1. The second kappa shape index (κ2) is 6.85. The molecule has 0 aliphatic rings. The number of hydrogen-bond donors (Lipinski definition) is 3. The molecule has 8 heteroatoms. The Labute approximate surface area is 178 Å². The van der Waals surface area contributed by atoms with Crippen molar-refractivity contribution >= 4 is 61.6 Å². The van der Waals surface area contributed by atoms with Crippen LogP contribution in [-0.2, 0) is 0 Å². The fourth-order valence-electron chi connectivity index (χ4n) is 3.87. The Balaban J connectivity index is 1.76. The topological polar surface area (TPSA) is 76.6 Å². The predicted octanol–water partition coefficient (Wildman–Crippen LogP) is 6.93. The van der Waals surface area contributed by atoms with E-state index in [1.807, 2.05) is 0 Å². The number of benzene rings is 4. The van der Waals surface area contributed by atoms with Crippen molar-refractivity contribution in [3.63, 3.8) is 0 Å². The lowest BCUT2D eigenvalue weighted by atomic mass is 10.0. The minimum atomic E-state index is -1.40. The van der Waals surface area contributed by atoms with Crippen molar-refractivity contribution in [1.29, 1.82) is 0 Å². The van der Waals surface area contributed by atoms with Gasteiger partial charge in [0.25, 0.3) is 0 Å². The first-order valence-corrected chi connectivity index (χ1v) is 9.56. The van der Waals surface area contributed by atoms with Gasteiger partial charge in [-0.25, -0.2) is 18.5 Å². The maximum atomic E-state index is 13.7. The van der Waals surface area contributed by atoms with E-state index in [1.54, 1.807) is 18.2 Å². The molecule has 5 rings (SSSR count). The number of aromatic hydroxyl groups is 1. The van der Waals surface area contributed by atoms with Crippen LogP contribution < -0.4 is 4.90 Å². The van der Waals surface area contributed by atoms with Gasteiger partial charge in [0, 0.05) is 21.7 Å². The molecule has 0 atom stereocenters. The summed E-state index contributed by atoms with van der Waals surface area (Å²) in [5.41, 5.74) is 1.39. The molecule has 0 radical (unpaired) electrons. The lowest BCUT2D eigenvalue weighted by Crippen LogP contribution is -2.24. The first kappa shape index (κ1) is 19.1. The Hall–Kier alpha value is -3.84. The van der Waals surface area contributed by atoms with E-state index in [2.05, 4.69) is 4.98 Å². The van der Waals surface area contributed by atoms with Crippen LogP contribution in [0.3, 0.4) is 0 Å². The monoisotopic (exact) mass is 438 g/mol. The summed E-state index contributed by atoms with van der Waals surface area (Å²) in [6.45, 7) is 0. The Morgan fingerprint density at radius 3 is 2.35 bits per heavy atom. The summed E-state index contributed by atoms with van der Waals surface area (Å²) in [5, 5.41) is 23.1. The molecule has 0 fully saturated rings. The number of halogens is 3. The molecule has 0 saturated carbocycles. The zero-order valence-electron chi connectivity index (χ0n) is 15.7. The van der Waals surface area contributed by atoms with Crippen LogP contribution in [-0.4, -0.2) is 21.3 Å². The second-order valence-electron chi connectivity index (χ2n) is 7.08. The molecular formula is C23H13ClF2N2O3. The molecule has 0 aliphatic carbocycles. The third kappa shape index (κ3) is 3.02. The first-order valence-electron chi connectivity index (χ1n) is 9.18. The Morgan fingerprint density at radius 2 is 1.61 bits per heavy atom. The molecule has 1 heterocycles. The van der Waals surface area contributed by atoms with E-state index >= 15 is 0 Å². The number of aromatic amines is 1. The normalized spacial score (nSPS) is 11.5. The highest BCUT2D eigenvalue weighted by Gasteiger charge is 2.24. The summed E-state index contributed by atoms with van der Waals surface area (Å²) >= 11 is 6.06. The molecule has 3 N–H and O–H groups in total. The summed E-state index contributed by atoms with van der Waals surface area (Å²) in [4.78, 5) is 16.0. The first-order chi connectivity index (χ1) is 14.8. The maximum Gasteiger partial charge on any atom is 0.416 e. The zero-order valence-corrected chi connectivity index (χ0v) is 16.4. The maximum absolute atomic E-state index is 13.7. The minimum Gasteiger partial charge on any atom is -0.506 e. The summed E-state index contributed by atoms with van der Waals surface area (Å²) in [6.07, 6.45) is -1.40. The molecule has 0 aliphatic heterocycles. The van der Waals surface area contributed by atoms with E-state index in [0.717, 1.165) is 27.9 Å². The summed E-state index contributed by atoms with van der Waals surface area (Å²) in [6, 6.07) is 14.2. The number of anilines is 2. The van der Waals surface area contributed by atoms with E-state index in [-0.39, 0.29) is 28.0 Å². The average molecular weight is 439 g/mol. The van der Waals surface area contributed by atoms with E-state index in [0.29, 0.717) is 21.7 Å². The van der Waals surface area contributed by atoms with Crippen LogP contribution in [0.25, 0.3) is 32.6 Å². The Morgan fingerprint density at radius 1 is 0.871 bits per heavy atom. The van der Waals surface area contributed by atoms with E-state index in [9.17, 15) is 23.8 Å². The number of fused-ring (bicyclic) bond motifs is 5. The lowest BCUT2D eigenvalue weighted by Gasteiger charge is -2.22. The summed E-state index contributed by atoms with van der Waals surface area (Å²) < 4.78 is 27.1. The molecule has 5 aromatic rings. The van der Waals surface area contributed by atoms with Gasteiger partial charge in [0.2, 0.25) is 0 Å². The highest BCUT2D eigenvalue weighted by molar-refractivity contribution is 6.34. The molecule has 0 saturated heterocycles. The third-order valence-electron chi connectivity index (χ3n) is 5.23. The van der Waals surface area contributed by atoms with Crippen molar-refractivity contribution in [2.45, 2.75) is 0 Å². The number of aromatic nitrogens is 1. The highest BCUT2D eigenvalue weighted by Crippen LogP contribution is 2.41. The predicted molar refractivity (Wildman–Crippen MR) is 117 cm³/mol. The number of amides is 1. The number of rotatable bonds is 2. The van der Waals surface area contributed by atoms with Crippen LogP contribution in [0.5, 0.6) is 5.75 Å². The van der Waals surface area contributed by atoms with Crippen molar-refractivity contribution in [1.82, 2.24) is 4.98 Å². The van der Waals surface area contributed by atoms with Crippen LogP contribution >= 0.6 is 11.6 Å². The highest BCUT2D eigenvalue weighted by atomic mass is 35.5. The van der Waals surface area contributed by atoms with Gasteiger partial charge >= 0.3 is 6.09 Å². The van der Waals surface area contributed by atoms with Gasteiger partial charge in [-0.2, -0.15) is 0 Å². The molecule has 1 aromatic heterocycles. The molecule has 4 aromatic carbocycles. The average Bonchev–Trinajstić information content (AvgIpc) is 3.08. The fourth-order valence-corrected chi connectivity index (χ4v) is 4.12. The molecule has 1 amide bonds. The quantitative estimate of drug-likeness (QED) is 0.280. The number of phenols is 1. The van der Waals surface area contributed by atoms with Crippen LogP contribution in [0, 0.1) is 11.6 Å². The number of nitrogens with one attached hydrogen (secondary N) is 1. The third-order valence-corrected chi connectivity index (χ3v) is 5.53. The van der Waals surface area contributed by atoms with E-state index < -0.39 is 11.9 Å². The van der Waals surface area contributed by atoms with Gasteiger partial charge in [-0.05, 0) is 53.9 Å². The van der Waals surface area contributed by atoms with Crippen LogP contribution in [0.15, 0.2) is 60.7 Å². The molecular weight excluding hydrogens is 426 g/mol. The Kier molecular flexibility index (Phi) is 4.23. The van der Waals surface area contributed by atoms with Crippen molar-refractivity contribution in [3.8, 4) is 5.75 Å². The van der Waals surface area contributed by atoms with Crippen molar-refractivity contribution < 1.29 is 23.8 Å². The zero-order chi connectivity index (χ0) is 21.9. The standard InChI is InChI=1S/C23H13ClF2N2O3/c24-17-9-13(26)3-6-19(17)28(23(30)31)20-7-11-1-4-14-16-8-12(25)2-5-18(16)27-22(14)15(11)10-21(20)29/h1-10,27,29H,(H,30,31). The molecule has 5 nitrogen and oxygen atoms in total. The van der Waals surface area contributed by atoms with Crippen LogP contribution in [0.2, 0.25) is 5.02 Å². The number of hydrogen-bond acceptors (Lipinski definition) is 2. The fraction of sp³-hybridized carbons (Fsp3) is 0. The van der Waals surface area contributed by atoms with Crippen molar-refractivity contribution in [2.75, 3.05) is 4.90 Å². The largest absolute Gasteiger partial charge is 0.506 e. The van der Waals surface area contributed by atoms with Crippen molar-refractivity contribution in [2.24, 2.45) is 0 Å². The number of nitrogens with zero attached hydrogens (tertiary/aromatic N) is 1. The van der Waals surface area contributed by atoms with Gasteiger partial charge in [0.1, 0.15) is 17.4 Å². The van der Waals surface area contributed by atoms with Crippen molar-refractivity contribution in [3.05, 3.63) is 77.3 Å².